The zero-order valence-electron chi connectivity index (χ0n) is 17.3. The molecule has 166 valence electrons. The fraction of sp³-hybridized carbons (Fsp3) is 0.292. The number of benzene rings is 2. The van der Waals surface area contributed by atoms with Gasteiger partial charge in [-0.25, -0.2) is 4.98 Å². The first-order valence-corrected chi connectivity index (χ1v) is 11.2. The van der Waals surface area contributed by atoms with Crippen LogP contribution in [0.25, 0.3) is 0 Å². The van der Waals surface area contributed by atoms with Crippen LogP contribution in [0.1, 0.15) is 18.4 Å². The monoisotopic (exact) mass is 457 g/mol. The van der Waals surface area contributed by atoms with E-state index in [1.165, 1.54) is 0 Å². The Bertz CT molecular complexity index is 1070. The molecular formula is C24H22F3N3OS. The molecule has 1 aliphatic heterocycles. The molecule has 2 heterocycles. The van der Waals surface area contributed by atoms with Crippen LogP contribution in [0.15, 0.2) is 77.8 Å². The molecule has 3 aromatic rings. The second-order valence-corrected chi connectivity index (χ2v) is 9.36. The molecule has 1 aromatic heterocycles. The summed E-state index contributed by atoms with van der Waals surface area (Å²) < 4.78 is 43.6. The lowest BCUT2D eigenvalue weighted by Gasteiger charge is -2.22. The van der Waals surface area contributed by atoms with E-state index in [4.69, 9.17) is 4.74 Å². The fourth-order valence-electron chi connectivity index (χ4n) is 4.16. The van der Waals surface area contributed by atoms with Crippen molar-refractivity contribution in [2.24, 2.45) is 0 Å². The number of rotatable bonds is 6. The van der Waals surface area contributed by atoms with E-state index in [2.05, 4.69) is 14.8 Å². The number of thioether (sulfide) groups is 1. The Kier molecular flexibility index (Phi) is 5.51. The minimum Gasteiger partial charge on any atom is -0.439 e. The molecule has 0 unspecified atom stereocenters. The van der Waals surface area contributed by atoms with Crippen molar-refractivity contribution in [2.45, 2.75) is 35.3 Å². The standard InChI is InChI=1S/C24H22F3N3OS/c25-24(26,27)32-21-8-6-19(7-9-21)29-16-23(11-12-23)30(17-29)15-18-10-13-28-22(14-18)31-20-4-2-1-3-5-20/h1-10,13-14H,11-12,15-17H2. The van der Waals surface area contributed by atoms with Crippen LogP contribution in [0.3, 0.4) is 0 Å². The van der Waals surface area contributed by atoms with Gasteiger partial charge in [0.05, 0.1) is 6.67 Å². The van der Waals surface area contributed by atoms with E-state index >= 15 is 0 Å². The van der Waals surface area contributed by atoms with Crippen molar-refractivity contribution in [3.8, 4) is 11.6 Å². The van der Waals surface area contributed by atoms with E-state index in [0.717, 1.165) is 49.6 Å². The molecule has 1 spiro atoms. The van der Waals surface area contributed by atoms with E-state index in [9.17, 15) is 13.2 Å². The Morgan fingerprint density at radius 1 is 1.00 bits per heavy atom. The van der Waals surface area contributed by atoms with Gasteiger partial charge in [-0.2, -0.15) is 13.2 Å². The van der Waals surface area contributed by atoms with Crippen molar-refractivity contribution < 1.29 is 17.9 Å². The summed E-state index contributed by atoms with van der Waals surface area (Å²) in [4.78, 5) is 9.23. The predicted octanol–water partition coefficient (Wildman–Crippen LogP) is 6.30. The van der Waals surface area contributed by atoms with Crippen LogP contribution >= 0.6 is 11.8 Å². The van der Waals surface area contributed by atoms with Gasteiger partial charge in [0.1, 0.15) is 5.75 Å². The van der Waals surface area contributed by atoms with E-state index < -0.39 is 5.51 Å². The first kappa shape index (κ1) is 21.2. The van der Waals surface area contributed by atoms with Gasteiger partial charge in [0.15, 0.2) is 0 Å². The van der Waals surface area contributed by atoms with Crippen LogP contribution in [0.5, 0.6) is 11.6 Å². The molecule has 2 fully saturated rings. The number of halogens is 3. The van der Waals surface area contributed by atoms with Crippen molar-refractivity contribution in [3.63, 3.8) is 0 Å². The first-order chi connectivity index (χ1) is 15.4. The SMILES string of the molecule is FC(F)(F)Sc1ccc(N2CN(Cc3ccnc(Oc4ccccc4)c3)C3(CC3)C2)cc1. The lowest BCUT2D eigenvalue weighted by molar-refractivity contribution is -0.0328. The summed E-state index contributed by atoms with van der Waals surface area (Å²) in [6, 6.07) is 20.2. The number of hydrogen-bond acceptors (Lipinski definition) is 5. The van der Waals surface area contributed by atoms with Gasteiger partial charge < -0.3 is 9.64 Å². The highest BCUT2D eigenvalue weighted by Gasteiger charge is 2.53. The van der Waals surface area contributed by atoms with Gasteiger partial charge in [0.25, 0.3) is 0 Å². The van der Waals surface area contributed by atoms with Crippen LogP contribution < -0.4 is 9.64 Å². The van der Waals surface area contributed by atoms with Gasteiger partial charge >= 0.3 is 5.51 Å². The summed E-state index contributed by atoms with van der Waals surface area (Å²) in [7, 11) is 0. The number of para-hydroxylation sites is 1. The van der Waals surface area contributed by atoms with E-state index in [-0.39, 0.29) is 22.2 Å². The molecular weight excluding hydrogens is 435 g/mol. The lowest BCUT2D eigenvalue weighted by Crippen LogP contribution is -2.32. The van der Waals surface area contributed by atoms with Crippen molar-refractivity contribution in [3.05, 3.63) is 78.5 Å². The smallest absolute Gasteiger partial charge is 0.439 e. The highest BCUT2D eigenvalue weighted by Crippen LogP contribution is 2.48. The summed E-state index contributed by atoms with van der Waals surface area (Å²) in [5, 5.41) is 0. The predicted molar refractivity (Wildman–Crippen MR) is 119 cm³/mol. The molecule has 4 nitrogen and oxygen atoms in total. The summed E-state index contributed by atoms with van der Waals surface area (Å²) in [5.41, 5.74) is -2.05. The molecule has 32 heavy (non-hydrogen) atoms. The minimum atomic E-state index is -4.27. The molecule has 1 aliphatic carbocycles. The molecule has 8 heteroatoms. The summed E-state index contributed by atoms with van der Waals surface area (Å²) in [6.07, 6.45) is 4.02. The summed E-state index contributed by atoms with van der Waals surface area (Å²) >= 11 is -0.0785. The van der Waals surface area contributed by atoms with Crippen molar-refractivity contribution in [2.75, 3.05) is 18.1 Å². The van der Waals surface area contributed by atoms with Crippen LogP contribution in [-0.2, 0) is 6.54 Å². The highest BCUT2D eigenvalue weighted by atomic mass is 32.2. The number of hydrogen-bond donors (Lipinski definition) is 0. The largest absolute Gasteiger partial charge is 0.446 e. The van der Waals surface area contributed by atoms with Gasteiger partial charge in [-0.15, -0.1) is 0 Å². The van der Waals surface area contributed by atoms with E-state index in [1.54, 1.807) is 30.5 Å². The zero-order chi connectivity index (χ0) is 22.2. The summed E-state index contributed by atoms with van der Waals surface area (Å²) in [5.74, 6) is 1.31. The second-order valence-electron chi connectivity index (χ2n) is 8.22. The van der Waals surface area contributed by atoms with Gasteiger partial charge in [-0.1, -0.05) is 18.2 Å². The number of ether oxygens (including phenoxy) is 1. The zero-order valence-corrected chi connectivity index (χ0v) is 18.1. The first-order valence-electron chi connectivity index (χ1n) is 10.4. The average Bonchev–Trinajstić information content (AvgIpc) is 3.45. The third-order valence-corrected chi connectivity index (χ3v) is 6.64. The molecule has 2 aromatic carbocycles. The molecule has 1 saturated carbocycles. The number of aromatic nitrogens is 1. The average molecular weight is 458 g/mol. The molecule has 0 atom stereocenters. The van der Waals surface area contributed by atoms with E-state index in [1.807, 2.05) is 42.5 Å². The number of anilines is 1. The van der Waals surface area contributed by atoms with Gasteiger partial charge in [-0.3, -0.25) is 4.90 Å². The lowest BCUT2D eigenvalue weighted by atomic mass is 10.2. The van der Waals surface area contributed by atoms with Crippen molar-refractivity contribution in [1.82, 2.24) is 9.88 Å². The second kappa shape index (κ2) is 8.33. The van der Waals surface area contributed by atoms with Crippen molar-refractivity contribution >= 4 is 17.4 Å². The normalized spacial score (nSPS) is 17.7. The van der Waals surface area contributed by atoms with Crippen molar-refractivity contribution in [1.29, 1.82) is 0 Å². The van der Waals surface area contributed by atoms with Crippen LogP contribution in [-0.4, -0.2) is 34.1 Å². The Morgan fingerprint density at radius 2 is 1.75 bits per heavy atom. The quantitative estimate of drug-likeness (QED) is 0.405. The molecule has 1 saturated heterocycles. The van der Waals surface area contributed by atoms with Crippen LogP contribution in [0, 0.1) is 0 Å². The minimum absolute atomic E-state index is 0.0785. The van der Waals surface area contributed by atoms with Gasteiger partial charge in [-0.05, 0) is 72.6 Å². The molecule has 5 rings (SSSR count). The Balaban J connectivity index is 1.26. The third-order valence-electron chi connectivity index (χ3n) is 5.90. The number of pyridine rings is 1. The maximum absolute atomic E-state index is 12.6. The van der Waals surface area contributed by atoms with Gasteiger partial charge in [0, 0.05) is 41.5 Å². The third kappa shape index (κ3) is 4.86. The van der Waals surface area contributed by atoms with Crippen LogP contribution in [0.4, 0.5) is 18.9 Å². The molecule has 0 N–H and O–H groups in total. The highest BCUT2D eigenvalue weighted by molar-refractivity contribution is 8.00. The number of alkyl halides is 3. The maximum Gasteiger partial charge on any atom is 0.446 e. The van der Waals surface area contributed by atoms with E-state index in [0.29, 0.717) is 5.88 Å². The molecule has 0 radical (unpaired) electrons. The Labute approximate surface area is 189 Å². The van der Waals surface area contributed by atoms with Crippen LogP contribution in [0.2, 0.25) is 0 Å². The number of nitrogens with zero attached hydrogens (tertiary/aromatic N) is 3. The Hall–Kier alpha value is -2.71. The fourth-order valence-corrected chi connectivity index (χ4v) is 4.70. The molecule has 0 bridgehead atoms. The Morgan fingerprint density at radius 3 is 2.44 bits per heavy atom. The molecule has 0 amide bonds. The topological polar surface area (TPSA) is 28.6 Å². The van der Waals surface area contributed by atoms with Gasteiger partial charge in [0.2, 0.25) is 5.88 Å². The summed E-state index contributed by atoms with van der Waals surface area (Å²) in [6.45, 7) is 2.40. The maximum atomic E-state index is 12.6. The molecule has 2 aliphatic rings.